The molecule has 0 amide bonds. The Morgan fingerprint density at radius 1 is 1.31 bits per heavy atom. The Balaban J connectivity index is 2.02. The summed E-state index contributed by atoms with van der Waals surface area (Å²) in [6.45, 7) is 8.21. The van der Waals surface area contributed by atoms with Crippen LogP contribution in [0.15, 0.2) is 17.1 Å². The quantitative estimate of drug-likeness (QED) is 0.696. The first-order valence-electron chi connectivity index (χ1n) is 9.61. The highest BCUT2D eigenvalue weighted by Gasteiger charge is 2.92. The molecular weight excluding hydrogens is 385 g/mol. The lowest BCUT2D eigenvalue weighted by molar-refractivity contribution is -0.172. The second kappa shape index (κ2) is 7.08. The molecule has 2 fully saturated rings. The largest absolute Gasteiger partial charge is 0.454 e. The maximum absolute atomic E-state index is 15.8. The van der Waals surface area contributed by atoms with E-state index in [0.717, 1.165) is 4.57 Å². The zero-order valence-corrected chi connectivity index (χ0v) is 17.0. The van der Waals surface area contributed by atoms with E-state index in [1.807, 2.05) is 0 Å². The van der Waals surface area contributed by atoms with Crippen LogP contribution in [-0.2, 0) is 23.8 Å². The van der Waals surface area contributed by atoms with Crippen molar-refractivity contribution in [2.24, 2.45) is 11.8 Å². The summed E-state index contributed by atoms with van der Waals surface area (Å²) in [5, 5.41) is 0. The van der Waals surface area contributed by atoms with Crippen LogP contribution in [0.4, 0.5) is 10.2 Å². The highest BCUT2D eigenvalue weighted by atomic mass is 19.1. The molecule has 2 N–H and O–H groups in total. The molecule has 2 aliphatic rings. The molecule has 0 radical (unpaired) electrons. The van der Waals surface area contributed by atoms with Crippen molar-refractivity contribution >= 4 is 17.8 Å². The fraction of sp³-hybridized carbons (Fsp3) is 0.684. The number of fused-ring (bicyclic) bond motifs is 1. The number of esters is 2. The van der Waals surface area contributed by atoms with Gasteiger partial charge in [0.1, 0.15) is 5.82 Å². The van der Waals surface area contributed by atoms with Crippen molar-refractivity contribution in [3.8, 4) is 0 Å². The Bertz CT molecular complexity index is 887. The summed E-state index contributed by atoms with van der Waals surface area (Å²) in [6.07, 6.45) is -3.00. The topological polar surface area (TPSA) is 123 Å². The van der Waals surface area contributed by atoms with Gasteiger partial charge in [0.25, 0.3) is 0 Å². The van der Waals surface area contributed by atoms with Crippen LogP contribution in [0.25, 0.3) is 0 Å². The standard InChI is InChI=1S/C19H26FN3O6/c1-6-18-16(27-14(24)9(2)3)19(18,29-15(25)10(4)5)12(20)13(28-18)23-8-7-11(21)22-17(23)26/h7-10,12-13,16H,6H2,1-5H3,(H2,21,22,26)/t12-,13+,16?,18+,19+/m0/s1. The van der Waals surface area contributed by atoms with Crippen molar-refractivity contribution in [3.05, 3.63) is 22.7 Å². The van der Waals surface area contributed by atoms with Gasteiger partial charge < -0.3 is 19.9 Å². The fourth-order valence-corrected chi connectivity index (χ4v) is 3.76. The summed E-state index contributed by atoms with van der Waals surface area (Å²) < 4.78 is 33.7. The summed E-state index contributed by atoms with van der Waals surface area (Å²) in [7, 11) is 0. The van der Waals surface area contributed by atoms with Gasteiger partial charge in [-0.2, -0.15) is 4.98 Å². The van der Waals surface area contributed by atoms with Crippen molar-refractivity contribution in [1.29, 1.82) is 0 Å². The molecule has 5 atom stereocenters. The summed E-state index contributed by atoms with van der Waals surface area (Å²) in [4.78, 5) is 40.3. The van der Waals surface area contributed by atoms with Crippen molar-refractivity contribution in [3.63, 3.8) is 0 Å². The molecule has 10 heteroatoms. The predicted molar refractivity (Wildman–Crippen MR) is 99.3 cm³/mol. The smallest absolute Gasteiger partial charge is 0.351 e. The number of carbonyl (C=O) groups is 2. The maximum Gasteiger partial charge on any atom is 0.351 e. The summed E-state index contributed by atoms with van der Waals surface area (Å²) >= 11 is 0. The third-order valence-electron chi connectivity index (χ3n) is 5.48. The van der Waals surface area contributed by atoms with Crippen LogP contribution in [0.2, 0.25) is 0 Å². The van der Waals surface area contributed by atoms with Gasteiger partial charge in [-0.15, -0.1) is 0 Å². The molecule has 3 rings (SSSR count). The van der Waals surface area contributed by atoms with E-state index in [1.54, 1.807) is 34.6 Å². The van der Waals surface area contributed by atoms with E-state index < -0.39 is 59.2 Å². The number of carbonyl (C=O) groups excluding carboxylic acids is 2. The number of hydrogen-bond acceptors (Lipinski definition) is 8. The van der Waals surface area contributed by atoms with Gasteiger partial charge in [0.05, 0.1) is 11.8 Å². The predicted octanol–water partition coefficient (Wildman–Crippen LogP) is 1.36. The van der Waals surface area contributed by atoms with E-state index in [1.165, 1.54) is 12.3 Å². The molecular formula is C19H26FN3O6. The zero-order valence-electron chi connectivity index (χ0n) is 17.0. The summed E-state index contributed by atoms with van der Waals surface area (Å²) in [5.74, 6) is -2.22. The molecule has 1 aromatic rings. The minimum atomic E-state index is -1.96. The lowest BCUT2D eigenvalue weighted by Crippen LogP contribution is -2.42. The number of alkyl halides is 1. The molecule has 1 saturated heterocycles. The average molecular weight is 411 g/mol. The van der Waals surface area contributed by atoms with Crippen LogP contribution in [-0.4, -0.2) is 45.0 Å². The molecule has 1 aliphatic carbocycles. The molecule has 1 saturated carbocycles. The van der Waals surface area contributed by atoms with Crippen molar-refractivity contribution in [1.82, 2.24) is 9.55 Å². The Labute approximate surface area is 167 Å². The van der Waals surface area contributed by atoms with E-state index in [9.17, 15) is 14.4 Å². The number of halogens is 1. The van der Waals surface area contributed by atoms with Gasteiger partial charge in [-0.1, -0.05) is 34.6 Å². The number of anilines is 1. The molecule has 160 valence electrons. The Kier molecular flexibility index (Phi) is 5.18. The van der Waals surface area contributed by atoms with Gasteiger partial charge in [-0.3, -0.25) is 14.2 Å². The number of rotatable bonds is 6. The third-order valence-corrected chi connectivity index (χ3v) is 5.48. The zero-order chi connectivity index (χ0) is 21.7. The Hall–Kier alpha value is -2.49. The van der Waals surface area contributed by atoms with E-state index in [4.69, 9.17) is 19.9 Å². The molecule has 0 aromatic carbocycles. The Morgan fingerprint density at radius 2 is 1.93 bits per heavy atom. The number of nitrogen functional groups attached to an aromatic ring is 1. The lowest BCUT2D eigenvalue weighted by atomic mass is 10.1. The van der Waals surface area contributed by atoms with Gasteiger partial charge in [-0.05, 0) is 12.5 Å². The van der Waals surface area contributed by atoms with Gasteiger partial charge in [0.2, 0.25) is 5.60 Å². The lowest BCUT2D eigenvalue weighted by Gasteiger charge is -2.25. The minimum absolute atomic E-state index is 0.0142. The second-order valence-electron chi connectivity index (χ2n) is 8.04. The molecule has 0 spiro atoms. The van der Waals surface area contributed by atoms with Gasteiger partial charge in [0, 0.05) is 6.20 Å². The molecule has 9 nitrogen and oxygen atoms in total. The molecule has 1 aromatic heterocycles. The molecule has 1 unspecified atom stereocenters. The SMILES string of the molecule is CC[C@]12O[C@@H](n3ccc(N)nc3=O)[C@H](F)[C@@]1(OC(=O)C(C)C)C2OC(=O)C(C)C. The van der Waals surface area contributed by atoms with Crippen LogP contribution >= 0.6 is 0 Å². The maximum atomic E-state index is 15.8. The van der Waals surface area contributed by atoms with Crippen LogP contribution in [0.5, 0.6) is 0 Å². The number of nitrogens with zero attached hydrogens (tertiary/aromatic N) is 2. The van der Waals surface area contributed by atoms with E-state index in [-0.39, 0.29) is 12.2 Å². The summed E-state index contributed by atoms with van der Waals surface area (Å²) in [5.41, 5.74) is 1.46. The van der Waals surface area contributed by atoms with Crippen molar-refractivity contribution < 1.29 is 28.2 Å². The Morgan fingerprint density at radius 3 is 2.45 bits per heavy atom. The number of aromatic nitrogens is 2. The highest BCUT2D eigenvalue weighted by Crippen LogP contribution is 2.68. The van der Waals surface area contributed by atoms with Crippen LogP contribution in [0, 0.1) is 11.8 Å². The van der Waals surface area contributed by atoms with E-state index >= 15 is 4.39 Å². The first-order chi connectivity index (χ1) is 13.5. The van der Waals surface area contributed by atoms with Gasteiger partial charge >= 0.3 is 17.6 Å². The summed E-state index contributed by atoms with van der Waals surface area (Å²) in [6, 6.07) is 1.34. The molecule has 29 heavy (non-hydrogen) atoms. The van der Waals surface area contributed by atoms with E-state index in [0.29, 0.717) is 0 Å². The highest BCUT2D eigenvalue weighted by molar-refractivity contribution is 5.75. The molecule has 0 bridgehead atoms. The minimum Gasteiger partial charge on any atom is -0.454 e. The number of ether oxygens (including phenoxy) is 3. The van der Waals surface area contributed by atoms with Crippen LogP contribution in [0.3, 0.4) is 0 Å². The van der Waals surface area contributed by atoms with Crippen LogP contribution in [0.1, 0.15) is 47.3 Å². The number of hydrogen-bond donors (Lipinski definition) is 1. The van der Waals surface area contributed by atoms with E-state index in [2.05, 4.69) is 4.98 Å². The second-order valence-corrected chi connectivity index (χ2v) is 8.04. The van der Waals surface area contributed by atoms with Gasteiger partial charge in [-0.25, -0.2) is 9.18 Å². The average Bonchev–Trinajstić information content (AvgIpc) is 3.08. The first-order valence-corrected chi connectivity index (χ1v) is 9.61. The third kappa shape index (κ3) is 3.00. The van der Waals surface area contributed by atoms with Crippen molar-refractivity contribution in [2.75, 3.05) is 5.73 Å². The molecule has 2 heterocycles. The van der Waals surface area contributed by atoms with Gasteiger partial charge in [0.15, 0.2) is 24.1 Å². The number of nitrogens with two attached hydrogens (primary N) is 1. The fourth-order valence-electron chi connectivity index (χ4n) is 3.76. The molecule has 1 aliphatic heterocycles. The van der Waals surface area contributed by atoms with Crippen molar-refractivity contribution in [2.45, 2.75) is 70.7 Å². The normalized spacial score (nSPS) is 32.9. The monoisotopic (exact) mass is 411 g/mol. The first kappa shape index (κ1) is 21.2. The van der Waals surface area contributed by atoms with Crippen LogP contribution < -0.4 is 11.4 Å².